The Morgan fingerprint density at radius 2 is 2.08 bits per heavy atom. The van der Waals surface area contributed by atoms with E-state index in [1.54, 1.807) is 6.26 Å². The minimum atomic E-state index is -4.16. The third-order valence-corrected chi connectivity index (χ3v) is 1.49. The van der Waals surface area contributed by atoms with Crippen LogP contribution in [0.2, 0.25) is 0 Å². The fourth-order valence-corrected chi connectivity index (χ4v) is 0.177. The number of hydrogen-bond donors (Lipinski definition) is 4. The minimum Gasteiger partial charge on any atom is -0.303 e. The van der Waals surface area contributed by atoms with Crippen LogP contribution < -0.4 is 11.3 Å². The average molecular weight is 217 g/mol. The summed E-state index contributed by atoms with van der Waals surface area (Å²) in [5, 5.41) is 7.00. The smallest absolute Gasteiger partial charge is 0.303 e. The zero-order chi connectivity index (χ0) is 10.2. The summed E-state index contributed by atoms with van der Waals surface area (Å²) >= 11 is 1.27. The normalized spacial score (nSPS) is 9.67. The van der Waals surface area contributed by atoms with Gasteiger partial charge >= 0.3 is 10.4 Å². The first-order valence-electron chi connectivity index (χ1n) is 2.49. The van der Waals surface area contributed by atoms with E-state index < -0.39 is 10.4 Å². The summed E-state index contributed by atoms with van der Waals surface area (Å²) in [6.07, 6.45) is 1.78. The Labute approximate surface area is 75.1 Å². The van der Waals surface area contributed by atoms with Gasteiger partial charge in [0.1, 0.15) is 0 Å². The van der Waals surface area contributed by atoms with Crippen LogP contribution in [0.5, 0.6) is 0 Å². The highest BCUT2D eigenvalue weighted by atomic mass is 32.3. The van der Waals surface area contributed by atoms with E-state index in [2.05, 4.69) is 9.61 Å². The van der Waals surface area contributed by atoms with Gasteiger partial charge in [0.15, 0.2) is 5.17 Å². The Hall–Kier alpha value is -0.350. The van der Waals surface area contributed by atoms with Crippen LogP contribution in [0.4, 0.5) is 0 Å². The Kier molecular flexibility index (Phi) is 8.64. The molecular formula is C3H11N3O4S2. The van der Waals surface area contributed by atoms with Crippen LogP contribution in [0.25, 0.3) is 0 Å². The van der Waals surface area contributed by atoms with Gasteiger partial charge in [0.05, 0.1) is 7.11 Å². The first kappa shape index (κ1) is 14.2. The van der Waals surface area contributed by atoms with E-state index in [0.29, 0.717) is 0 Å². The van der Waals surface area contributed by atoms with Crippen molar-refractivity contribution in [1.82, 2.24) is 5.43 Å². The summed E-state index contributed by atoms with van der Waals surface area (Å²) in [6, 6.07) is 0. The minimum absolute atomic E-state index is 0.287. The summed E-state index contributed by atoms with van der Waals surface area (Å²) in [4.78, 5) is 0. The zero-order valence-electron chi connectivity index (χ0n) is 6.57. The van der Waals surface area contributed by atoms with Crippen LogP contribution >= 0.6 is 11.8 Å². The van der Waals surface area contributed by atoms with Crippen molar-refractivity contribution in [2.75, 3.05) is 13.4 Å². The molecule has 0 aromatic rings. The van der Waals surface area contributed by atoms with Gasteiger partial charge < -0.3 is 5.43 Å². The maximum atomic E-state index is 9.33. The molecule has 0 aliphatic carbocycles. The molecule has 5 N–H and O–H groups in total. The van der Waals surface area contributed by atoms with Crippen molar-refractivity contribution < 1.29 is 17.2 Å². The zero-order valence-corrected chi connectivity index (χ0v) is 8.20. The van der Waals surface area contributed by atoms with Gasteiger partial charge in [-0.05, 0) is 6.26 Å². The van der Waals surface area contributed by atoms with Crippen LogP contribution in [-0.2, 0) is 14.6 Å². The number of nitrogens with two attached hydrogens (primary N) is 1. The van der Waals surface area contributed by atoms with Crippen molar-refractivity contribution >= 4 is 27.3 Å². The van der Waals surface area contributed by atoms with E-state index in [4.69, 9.17) is 15.8 Å². The number of hydrogen-bond acceptors (Lipinski definition) is 6. The van der Waals surface area contributed by atoms with Crippen molar-refractivity contribution in [3.63, 3.8) is 0 Å². The lowest BCUT2D eigenvalue weighted by molar-refractivity contribution is 0.324. The summed E-state index contributed by atoms with van der Waals surface area (Å²) in [5.41, 5.74) is 2.16. The van der Waals surface area contributed by atoms with E-state index in [0.717, 1.165) is 7.11 Å². The van der Waals surface area contributed by atoms with Crippen molar-refractivity contribution in [3.8, 4) is 0 Å². The lowest BCUT2D eigenvalue weighted by atomic mass is 11.3. The van der Waals surface area contributed by atoms with E-state index >= 15 is 0 Å². The lowest BCUT2D eigenvalue weighted by Crippen LogP contribution is -2.26. The number of amidine groups is 1. The molecule has 0 unspecified atom stereocenters. The monoisotopic (exact) mass is 217 g/mol. The SMILES string of the molecule is COS(=O)(=O)O.CSC(=N)NN. The highest BCUT2D eigenvalue weighted by molar-refractivity contribution is 8.13. The molecule has 0 heterocycles. The van der Waals surface area contributed by atoms with Gasteiger partial charge in [0.2, 0.25) is 0 Å². The lowest BCUT2D eigenvalue weighted by Gasteiger charge is -1.91. The van der Waals surface area contributed by atoms with Gasteiger partial charge in [0.25, 0.3) is 0 Å². The van der Waals surface area contributed by atoms with E-state index in [1.807, 2.05) is 0 Å². The van der Waals surface area contributed by atoms with Gasteiger partial charge in [-0.1, -0.05) is 11.8 Å². The number of nitrogens with one attached hydrogen (secondary N) is 2. The number of rotatable bonds is 1. The molecule has 0 saturated heterocycles. The molecule has 0 saturated carbocycles. The molecule has 0 aromatic heterocycles. The van der Waals surface area contributed by atoms with E-state index in [9.17, 15) is 8.42 Å². The quantitative estimate of drug-likeness (QED) is 0.149. The molecule has 7 nitrogen and oxygen atoms in total. The second kappa shape index (κ2) is 7.31. The van der Waals surface area contributed by atoms with Crippen LogP contribution in [0.15, 0.2) is 0 Å². The number of thioether (sulfide) groups is 1. The fraction of sp³-hybridized carbons (Fsp3) is 0.667. The second-order valence-electron chi connectivity index (χ2n) is 1.27. The molecule has 0 radical (unpaired) electrons. The molecule has 0 aromatic carbocycles. The van der Waals surface area contributed by atoms with E-state index in [1.165, 1.54) is 11.8 Å². The maximum absolute atomic E-state index is 9.33. The summed E-state index contributed by atoms with van der Waals surface area (Å²) in [7, 11) is -3.29. The first-order chi connectivity index (χ1) is 5.37. The molecule has 74 valence electrons. The Balaban J connectivity index is 0. The van der Waals surface area contributed by atoms with Gasteiger partial charge in [-0.2, -0.15) is 8.42 Å². The molecule has 0 fully saturated rings. The van der Waals surface area contributed by atoms with Crippen LogP contribution in [0.3, 0.4) is 0 Å². The Morgan fingerprint density at radius 3 is 2.08 bits per heavy atom. The standard InChI is InChI=1S/C2H7N3S.CH4O4S/c1-6-2(3)5-4;1-5-6(2,3)4/h4H2,1H3,(H2,3,5);1H3,(H,2,3,4). The van der Waals surface area contributed by atoms with Crippen molar-refractivity contribution in [2.45, 2.75) is 0 Å². The molecule has 0 amide bonds. The average Bonchev–Trinajstić information content (AvgIpc) is 2.03. The molecule has 9 heteroatoms. The van der Waals surface area contributed by atoms with Crippen molar-refractivity contribution in [2.24, 2.45) is 5.84 Å². The van der Waals surface area contributed by atoms with Gasteiger partial charge in [-0.15, -0.1) is 0 Å². The van der Waals surface area contributed by atoms with Gasteiger partial charge in [-0.25, -0.2) is 5.84 Å². The van der Waals surface area contributed by atoms with E-state index in [-0.39, 0.29) is 5.17 Å². The van der Waals surface area contributed by atoms with Crippen LogP contribution in [0.1, 0.15) is 0 Å². The molecule has 0 aliphatic rings. The highest BCUT2D eigenvalue weighted by Crippen LogP contribution is 1.85. The predicted octanol–water partition coefficient (Wildman–Crippen LogP) is -0.817. The third kappa shape index (κ3) is 16.3. The molecule has 12 heavy (non-hydrogen) atoms. The second-order valence-corrected chi connectivity index (χ2v) is 3.28. The Morgan fingerprint density at radius 1 is 1.75 bits per heavy atom. The topological polar surface area (TPSA) is 126 Å². The highest BCUT2D eigenvalue weighted by Gasteiger charge is 1.94. The maximum Gasteiger partial charge on any atom is 0.397 e. The van der Waals surface area contributed by atoms with Crippen LogP contribution in [0, 0.1) is 5.41 Å². The summed E-state index contributed by atoms with van der Waals surface area (Å²) in [6.45, 7) is 0. The largest absolute Gasteiger partial charge is 0.397 e. The number of hydrazine groups is 1. The summed E-state index contributed by atoms with van der Waals surface area (Å²) in [5.74, 6) is 4.79. The molecule has 0 aliphatic heterocycles. The van der Waals surface area contributed by atoms with Crippen molar-refractivity contribution in [3.05, 3.63) is 0 Å². The molecule has 0 atom stereocenters. The van der Waals surface area contributed by atoms with Crippen LogP contribution in [-0.4, -0.2) is 31.5 Å². The van der Waals surface area contributed by atoms with Gasteiger partial charge in [0, 0.05) is 0 Å². The molecule has 0 spiro atoms. The Bertz CT molecular complexity index is 208. The third-order valence-electron chi connectivity index (χ3n) is 0.546. The predicted molar refractivity (Wildman–Crippen MR) is 47.1 cm³/mol. The first-order valence-corrected chi connectivity index (χ1v) is 5.08. The molecular weight excluding hydrogens is 206 g/mol. The van der Waals surface area contributed by atoms with Gasteiger partial charge in [-0.3, -0.25) is 14.1 Å². The molecule has 0 rings (SSSR count). The molecule has 0 bridgehead atoms. The fourth-order valence-electron chi connectivity index (χ4n) is 0.0589. The summed E-state index contributed by atoms with van der Waals surface area (Å²) < 4.78 is 29.7. The van der Waals surface area contributed by atoms with Crippen molar-refractivity contribution in [1.29, 1.82) is 5.41 Å².